The van der Waals surface area contributed by atoms with Crippen molar-refractivity contribution in [3.8, 4) is 10.7 Å². The third kappa shape index (κ3) is 4.45. The molecular formula is C17H15F3N4OS2. The van der Waals surface area contributed by atoms with E-state index in [1.165, 1.54) is 28.4 Å². The van der Waals surface area contributed by atoms with Gasteiger partial charge in [0.25, 0.3) is 0 Å². The van der Waals surface area contributed by atoms with Gasteiger partial charge in [-0.05, 0) is 41.4 Å². The van der Waals surface area contributed by atoms with Crippen LogP contribution in [0, 0.1) is 4.77 Å². The zero-order valence-electron chi connectivity index (χ0n) is 14.2. The van der Waals surface area contributed by atoms with Crippen LogP contribution in [0.3, 0.4) is 0 Å². The summed E-state index contributed by atoms with van der Waals surface area (Å²) in [6, 6.07) is 8.51. The van der Waals surface area contributed by atoms with Crippen LogP contribution in [0.4, 0.5) is 13.2 Å². The number of hydrogen-bond acceptors (Lipinski definition) is 4. The fourth-order valence-corrected chi connectivity index (χ4v) is 3.39. The molecule has 2 aromatic heterocycles. The van der Waals surface area contributed by atoms with Gasteiger partial charge in [-0.25, -0.2) is 0 Å². The second-order valence-corrected chi connectivity index (χ2v) is 7.19. The maximum absolute atomic E-state index is 12.6. The zero-order valence-corrected chi connectivity index (χ0v) is 15.8. The molecule has 27 heavy (non-hydrogen) atoms. The van der Waals surface area contributed by atoms with Crippen LogP contribution in [-0.2, 0) is 24.1 Å². The minimum Gasteiger partial charge on any atom is -0.340 e. The first-order chi connectivity index (χ1) is 12.8. The third-order valence-electron chi connectivity index (χ3n) is 3.92. The van der Waals surface area contributed by atoms with E-state index in [1.54, 1.807) is 11.6 Å². The highest BCUT2D eigenvalue weighted by Gasteiger charge is 2.30. The summed E-state index contributed by atoms with van der Waals surface area (Å²) in [5, 5.41) is 8.75. The van der Waals surface area contributed by atoms with Gasteiger partial charge in [-0.1, -0.05) is 18.2 Å². The topological polar surface area (TPSA) is 53.9 Å². The summed E-state index contributed by atoms with van der Waals surface area (Å²) in [5.74, 6) is 0.344. The molecule has 1 N–H and O–H groups in total. The number of benzene rings is 1. The Balaban J connectivity index is 1.70. The van der Waals surface area contributed by atoms with Crippen LogP contribution in [0.15, 0.2) is 41.8 Å². The van der Waals surface area contributed by atoms with Crippen molar-refractivity contribution in [2.75, 3.05) is 7.05 Å². The lowest BCUT2D eigenvalue weighted by molar-refractivity contribution is -0.137. The Morgan fingerprint density at radius 2 is 2.00 bits per heavy atom. The number of rotatable bonds is 5. The van der Waals surface area contributed by atoms with Crippen molar-refractivity contribution in [2.24, 2.45) is 0 Å². The lowest BCUT2D eigenvalue weighted by Crippen LogP contribution is -2.30. The van der Waals surface area contributed by atoms with Crippen molar-refractivity contribution in [3.05, 3.63) is 57.7 Å². The molecule has 10 heteroatoms. The molecule has 3 rings (SSSR count). The van der Waals surface area contributed by atoms with Gasteiger partial charge in [0, 0.05) is 13.6 Å². The van der Waals surface area contributed by atoms with Gasteiger partial charge in [0.1, 0.15) is 6.54 Å². The molecule has 3 aromatic rings. The van der Waals surface area contributed by atoms with Crippen molar-refractivity contribution in [3.63, 3.8) is 0 Å². The number of likely N-dealkylation sites (N-methyl/N-ethyl adjacent to an activating group) is 1. The van der Waals surface area contributed by atoms with Gasteiger partial charge in [0.05, 0.1) is 10.4 Å². The average Bonchev–Trinajstić information content (AvgIpc) is 3.25. The molecule has 0 aliphatic carbocycles. The Morgan fingerprint density at radius 1 is 1.30 bits per heavy atom. The summed E-state index contributed by atoms with van der Waals surface area (Å²) in [5.41, 5.74) is -0.112. The molecule has 0 radical (unpaired) electrons. The number of aromatic nitrogens is 3. The van der Waals surface area contributed by atoms with E-state index in [0.717, 1.165) is 17.0 Å². The van der Waals surface area contributed by atoms with E-state index in [0.29, 0.717) is 16.2 Å². The average molecular weight is 412 g/mol. The van der Waals surface area contributed by atoms with Crippen molar-refractivity contribution in [2.45, 2.75) is 19.3 Å². The number of amides is 1. The van der Waals surface area contributed by atoms with Gasteiger partial charge < -0.3 is 4.90 Å². The van der Waals surface area contributed by atoms with E-state index in [-0.39, 0.29) is 19.0 Å². The van der Waals surface area contributed by atoms with Crippen molar-refractivity contribution < 1.29 is 18.0 Å². The molecule has 1 aromatic carbocycles. The summed E-state index contributed by atoms with van der Waals surface area (Å²) in [6.07, 6.45) is -4.38. The zero-order chi connectivity index (χ0) is 19.6. The molecule has 142 valence electrons. The van der Waals surface area contributed by atoms with Gasteiger partial charge in [-0.3, -0.25) is 14.5 Å². The molecule has 0 spiro atoms. The normalized spacial score (nSPS) is 11.6. The quantitative estimate of drug-likeness (QED) is 0.634. The van der Waals surface area contributed by atoms with Crippen LogP contribution in [0.2, 0.25) is 0 Å². The molecule has 0 saturated carbocycles. The highest BCUT2D eigenvalue weighted by molar-refractivity contribution is 7.71. The van der Waals surface area contributed by atoms with Gasteiger partial charge in [-0.2, -0.15) is 18.3 Å². The number of halogens is 3. The van der Waals surface area contributed by atoms with Crippen LogP contribution in [0.5, 0.6) is 0 Å². The Kier molecular flexibility index (Phi) is 5.47. The maximum atomic E-state index is 12.6. The molecule has 0 unspecified atom stereocenters. The van der Waals surface area contributed by atoms with Crippen molar-refractivity contribution in [1.82, 2.24) is 19.7 Å². The summed E-state index contributed by atoms with van der Waals surface area (Å²) >= 11 is 6.68. The highest BCUT2D eigenvalue weighted by Crippen LogP contribution is 2.29. The molecular weight excluding hydrogens is 397 g/mol. The van der Waals surface area contributed by atoms with Crippen molar-refractivity contribution in [1.29, 1.82) is 0 Å². The summed E-state index contributed by atoms with van der Waals surface area (Å²) in [7, 11) is 1.59. The molecule has 0 saturated heterocycles. The molecule has 0 bridgehead atoms. The number of alkyl halides is 3. The Hall–Kier alpha value is -2.46. The number of nitrogens with one attached hydrogen (secondary N) is 1. The van der Waals surface area contributed by atoms with Crippen LogP contribution in [-0.4, -0.2) is 32.6 Å². The minimum absolute atomic E-state index is 0.0142. The number of carbonyl (C=O) groups excluding carboxylic acids is 1. The molecule has 2 heterocycles. The number of nitrogens with zero attached hydrogens (tertiary/aromatic N) is 3. The molecule has 5 nitrogen and oxygen atoms in total. The van der Waals surface area contributed by atoms with Crippen LogP contribution < -0.4 is 0 Å². The predicted octanol–water partition coefficient (Wildman–Crippen LogP) is 4.35. The van der Waals surface area contributed by atoms with Crippen LogP contribution in [0.25, 0.3) is 10.7 Å². The highest BCUT2D eigenvalue weighted by atomic mass is 32.1. The fourth-order valence-electron chi connectivity index (χ4n) is 2.48. The Morgan fingerprint density at radius 3 is 2.59 bits per heavy atom. The van der Waals surface area contributed by atoms with Crippen LogP contribution in [0.1, 0.15) is 11.1 Å². The van der Waals surface area contributed by atoms with E-state index in [4.69, 9.17) is 12.2 Å². The monoisotopic (exact) mass is 412 g/mol. The van der Waals surface area contributed by atoms with E-state index < -0.39 is 11.7 Å². The molecule has 0 fully saturated rings. The second kappa shape index (κ2) is 7.65. The molecule has 1 amide bonds. The van der Waals surface area contributed by atoms with E-state index in [2.05, 4.69) is 10.2 Å². The predicted molar refractivity (Wildman–Crippen MR) is 98.6 cm³/mol. The smallest absolute Gasteiger partial charge is 0.340 e. The van der Waals surface area contributed by atoms with E-state index in [1.807, 2.05) is 17.5 Å². The standard InChI is InChI=1S/C17H15F3N4OS2/c1-23(9-11-4-6-12(7-5-11)17(18,19)20)14(25)10-24-15(21-22-16(24)26)13-3-2-8-27-13/h2-8H,9-10H2,1H3,(H,22,26). The van der Waals surface area contributed by atoms with Gasteiger partial charge in [0.2, 0.25) is 5.91 Å². The van der Waals surface area contributed by atoms with Crippen molar-refractivity contribution >= 4 is 29.5 Å². The SMILES string of the molecule is CN(Cc1ccc(C(F)(F)F)cc1)C(=O)Cn1c(-c2cccs2)n[nH]c1=S. The van der Waals surface area contributed by atoms with Gasteiger partial charge >= 0.3 is 6.18 Å². The summed E-state index contributed by atoms with van der Waals surface area (Å²) in [4.78, 5) is 14.9. The third-order valence-corrected chi connectivity index (χ3v) is 5.10. The number of thiophene rings is 1. The number of aromatic amines is 1. The largest absolute Gasteiger partial charge is 0.416 e. The number of hydrogen-bond donors (Lipinski definition) is 1. The Bertz CT molecular complexity index is 975. The maximum Gasteiger partial charge on any atom is 0.416 e. The molecule has 0 atom stereocenters. The number of H-pyrrole nitrogens is 1. The molecule has 0 aliphatic heterocycles. The minimum atomic E-state index is -4.38. The fraction of sp³-hybridized carbons (Fsp3) is 0.235. The van der Waals surface area contributed by atoms with Gasteiger partial charge in [-0.15, -0.1) is 11.3 Å². The first-order valence-corrected chi connectivity index (χ1v) is 9.13. The Labute approximate surface area is 162 Å². The van der Waals surface area contributed by atoms with E-state index in [9.17, 15) is 18.0 Å². The van der Waals surface area contributed by atoms with Crippen LogP contribution >= 0.6 is 23.6 Å². The number of carbonyl (C=O) groups is 1. The van der Waals surface area contributed by atoms with Gasteiger partial charge in [0.15, 0.2) is 10.6 Å². The second-order valence-electron chi connectivity index (χ2n) is 5.86. The summed E-state index contributed by atoms with van der Waals surface area (Å²) < 4.78 is 39.8. The summed E-state index contributed by atoms with van der Waals surface area (Å²) in [6.45, 7) is 0.177. The van der Waals surface area contributed by atoms with E-state index >= 15 is 0 Å². The first-order valence-electron chi connectivity index (χ1n) is 7.85. The first kappa shape index (κ1) is 19.3. The lowest BCUT2D eigenvalue weighted by Gasteiger charge is -2.18. The lowest BCUT2D eigenvalue weighted by atomic mass is 10.1. The molecule has 0 aliphatic rings.